The summed E-state index contributed by atoms with van der Waals surface area (Å²) in [5.74, 6) is 1.16. The van der Waals surface area contributed by atoms with Crippen LogP contribution in [0.3, 0.4) is 0 Å². The summed E-state index contributed by atoms with van der Waals surface area (Å²) < 4.78 is 5.89. The maximum atomic E-state index is 13.4. The quantitative estimate of drug-likeness (QED) is 0.702. The molecule has 8 nitrogen and oxygen atoms in total. The highest BCUT2D eigenvalue weighted by molar-refractivity contribution is 7.08. The predicted molar refractivity (Wildman–Crippen MR) is 108 cm³/mol. The largest absolute Gasteiger partial charge is 0.445 e. The maximum Gasteiger partial charge on any atom is 0.257 e. The number of thiophene rings is 1. The second-order valence-corrected chi connectivity index (χ2v) is 8.83. The van der Waals surface area contributed by atoms with Crippen LogP contribution in [0.5, 0.6) is 0 Å². The van der Waals surface area contributed by atoms with Gasteiger partial charge in [0.2, 0.25) is 0 Å². The minimum atomic E-state index is -1.06. The number of aromatic nitrogens is 4. The van der Waals surface area contributed by atoms with Crippen LogP contribution >= 0.6 is 11.3 Å². The fraction of sp³-hybridized carbons (Fsp3) is 0.500. The van der Waals surface area contributed by atoms with Gasteiger partial charge < -0.3 is 14.4 Å². The number of carbonyl (C=O) groups excluding carboxylic acids is 1. The molecular weight excluding hydrogens is 390 g/mol. The number of carbonyl (C=O) groups is 1. The average molecular weight is 416 g/mol. The van der Waals surface area contributed by atoms with Crippen molar-refractivity contribution in [1.29, 1.82) is 0 Å². The fourth-order valence-electron chi connectivity index (χ4n) is 3.85. The van der Waals surface area contributed by atoms with Crippen molar-refractivity contribution in [2.75, 3.05) is 6.54 Å². The molecule has 154 valence electrons. The lowest BCUT2D eigenvalue weighted by atomic mass is 9.92. The van der Waals surface area contributed by atoms with E-state index in [1.54, 1.807) is 26.2 Å². The lowest BCUT2D eigenvalue weighted by molar-refractivity contribution is 0.0595. The first-order valence-corrected chi connectivity index (χ1v) is 10.6. The molecule has 2 atom stereocenters. The summed E-state index contributed by atoms with van der Waals surface area (Å²) in [5, 5.41) is 22.4. The molecule has 0 radical (unpaired) electrons. The lowest BCUT2D eigenvalue weighted by Crippen LogP contribution is -2.45. The Morgan fingerprint density at radius 1 is 1.28 bits per heavy atom. The highest BCUT2D eigenvalue weighted by Gasteiger charge is 2.35. The van der Waals surface area contributed by atoms with E-state index in [2.05, 4.69) is 22.1 Å². The van der Waals surface area contributed by atoms with E-state index < -0.39 is 5.60 Å². The average Bonchev–Trinajstić information content (AvgIpc) is 3.40. The third kappa shape index (κ3) is 3.72. The minimum Gasteiger partial charge on any atom is -0.445 e. The number of aliphatic hydroxyl groups is 1. The first kappa shape index (κ1) is 19.8. The van der Waals surface area contributed by atoms with Crippen molar-refractivity contribution in [3.63, 3.8) is 0 Å². The molecule has 0 spiro atoms. The zero-order valence-corrected chi connectivity index (χ0v) is 17.8. The predicted octanol–water partition coefficient (Wildman–Crippen LogP) is 3.26. The van der Waals surface area contributed by atoms with Gasteiger partial charge in [0, 0.05) is 23.3 Å². The van der Waals surface area contributed by atoms with E-state index in [0.29, 0.717) is 35.1 Å². The SMILES string of the molecule is Cc1oc(C2CC[C@@H](C)N(C(=O)c3cscc3-n3nccn3)C2)nc1C(C)(C)O. The van der Waals surface area contributed by atoms with E-state index >= 15 is 0 Å². The molecule has 0 bridgehead atoms. The summed E-state index contributed by atoms with van der Waals surface area (Å²) in [6.45, 7) is 7.79. The van der Waals surface area contributed by atoms with E-state index in [9.17, 15) is 9.90 Å². The molecule has 1 aliphatic rings. The van der Waals surface area contributed by atoms with Gasteiger partial charge in [-0.15, -0.1) is 16.1 Å². The summed E-state index contributed by atoms with van der Waals surface area (Å²) in [5.41, 5.74) is 0.773. The van der Waals surface area contributed by atoms with Crippen LogP contribution in [0.1, 0.15) is 67.2 Å². The zero-order valence-electron chi connectivity index (χ0n) is 17.0. The summed E-state index contributed by atoms with van der Waals surface area (Å²) in [6, 6.07) is 0.113. The lowest BCUT2D eigenvalue weighted by Gasteiger charge is -2.37. The third-order valence-electron chi connectivity index (χ3n) is 5.39. The monoisotopic (exact) mass is 415 g/mol. The number of hydrogen-bond donors (Lipinski definition) is 1. The van der Waals surface area contributed by atoms with Gasteiger partial charge in [0.25, 0.3) is 5.91 Å². The van der Waals surface area contributed by atoms with Gasteiger partial charge in [-0.25, -0.2) is 4.98 Å². The van der Waals surface area contributed by atoms with Crippen LogP contribution in [0, 0.1) is 6.92 Å². The molecule has 29 heavy (non-hydrogen) atoms. The molecule has 3 aromatic rings. The number of hydrogen-bond acceptors (Lipinski definition) is 7. The Kier molecular flexibility index (Phi) is 5.04. The summed E-state index contributed by atoms with van der Waals surface area (Å²) >= 11 is 1.46. The van der Waals surface area contributed by atoms with Crippen molar-refractivity contribution in [1.82, 2.24) is 24.9 Å². The van der Waals surface area contributed by atoms with Gasteiger partial charge in [-0.3, -0.25) is 4.79 Å². The first-order chi connectivity index (χ1) is 13.8. The van der Waals surface area contributed by atoms with E-state index in [0.717, 1.165) is 12.8 Å². The zero-order chi connectivity index (χ0) is 20.8. The highest BCUT2D eigenvalue weighted by atomic mass is 32.1. The summed E-state index contributed by atoms with van der Waals surface area (Å²) in [6.07, 6.45) is 4.93. The Balaban J connectivity index is 1.59. The Bertz CT molecular complexity index is 1000. The van der Waals surface area contributed by atoms with Crippen LogP contribution in [0.15, 0.2) is 27.6 Å². The minimum absolute atomic E-state index is 0.00476. The number of oxazole rings is 1. The van der Waals surface area contributed by atoms with E-state index in [1.807, 2.05) is 22.6 Å². The second kappa shape index (κ2) is 7.38. The van der Waals surface area contributed by atoms with Gasteiger partial charge >= 0.3 is 0 Å². The molecule has 1 unspecified atom stereocenters. The molecule has 9 heteroatoms. The molecule has 1 amide bonds. The third-order valence-corrected chi connectivity index (χ3v) is 6.12. The Morgan fingerprint density at radius 2 is 2.00 bits per heavy atom. The van der Waals surface area contributed by atoms with Gasteiger partial charge in [-0.2, -0.15) is 10.2 Å². The van der Waals surface area contributed by atoms with Gasteiger partial charge in [0.05, 0.1) is 23.9 Å². The topological polar surface area (TPSA) is 97.3 Å². The normalized spacial score (nSPS) is 20.2. The number of piperidine rings is 1. The van der Waals surface area contributed by atoms with Gasteiger partial charge in [-0.05, 0) is 40.5 Å². The number of amides is 1. The molecular formula is C20H25N5O3S. The van der Waals surface area contributed by atoms with E-state index in [4.69, 9.17) is 4.42 Å². The standard InChI is InChI=1S/C20H25N5O3S/c1-12-5-6-14(18-23-17(13(2)28-18)20(3,4)27)9-24(12)19(26)15-10-29-11-16(15)25-21-7-8-22-25/h7-8,10-12,14,27H,5-6,9H2,1-4H3/t12-,14?/m1/s1. The van der Waals surface area contributed by atoms with Crippen molar-refractivity contribution in [2.24, 2.45) is 0 Å². The Labute approximate surface area is 173 Å². The van der Waals surface area contributed by atoms with Crippen molar-refractivity contribution < 1.29 is 14.3 Å². The molecule has 1 saturated heterocycles. The second-order valence-electron chi connectivity index (χ2n) is 8.09. The van der Waals surface area contributed by atoms with Gasteiger partial charge in [0.15, 0.2) is 5.89 Å². The molecule has 1 fully saturated rings. The van der Waals surface area contributed by atoms with Crippen LogP contribution in [0.2, 0.25) is 0 Å². The number of aryl methyl sites for hydroxylation is 1. The number of likely N-dealkylation sites (tertiary alicyclic amines) is 1. The Morgan fingerprint density at radius 3 is 2.66 bits per heavy atom. The summed E-state index contributed by atoms with van der Waals surface area (Å²) in [7, 11) is 0. The van der Waals surface area contributed by atoms with Gasteiger partial charge in [0.1, 0.15) is 22.7 Å². The molecule has 1 N–H and O–H groups in total. The molecule has 3 aromatic heterocycles. The van der Waals surface area contributed by atoms with Crippen molar-refractivity contribution in [3.8, 4) is 5.69 Å². The van der Waals surface area contributed by atoms with Crippen molar-refractivity contribution in [3.05, 3.63) is 46.1 Å². The van der Waals surface area contributed by atoms with Crippen LogP contribution in [-0.2, 0) is 5.60 Å². The number of nitrogens with zero attached hydrogens (tertiary/aromatic N) is 5. The van der Waals surface area contributed by atoms with Crippen LogP contribution in [-0.4, -0.2) is 48.5 Å². The molecule has 0 aliphatic carbocycles. The fourth-order valence-corrected chi connectivity index (χ4v) is 4.63. The van der Waals surface area contributed by atoms with Crippen LogP contribution in [0.25, 0.3) is 5.69 Å². The van der Waals surface area contributed by atoms with Crippen molar-refractivity contribution >= 4 is 17.2 Å². The maximum absolute atomic E-state index is 13.4. The molecule has 4 heterocycles. The van der Waals surface area contributed by atoms with Crippen LogP contribution in [0.4, 0.5) is 0 Å². The highest BCUT2D eigenvalue weighted by Crippen LogP contribution is 2.34. The first-order valence-electron chi connectivity index (χ1n) is 9.69. The molecule has 0 saturated carbocycles. The molecule has 4 rings (SSSR count). The molecule has 0 aromatic carbocycles. The van der Waals surface area contributed by atoms with E-state index in [1.165, 1.54) is 16.1 Å². The molecule has 1 aliphatic heterocycles. The van der Waals surface area contributed by atoms with E-state index in [-0.39, 0.29) is 17.9 Å². The van der Waals surface area contributed by atoms with Gasteiger partial charge in [-0.1, -0.05) is 0 Å². The Hall–Kier alpha value is -2.52. The van der Waals surface area contributed by atoms with Crippen molar-refractivity contribution in [2.45, 2.75) is 58.1 Å². The summed E-state index contributed by atoms with van der Waals surface area (Å²) in [4.78, 5) is 21.3. The smallest absolute Gasteiger partial charge is 0.257 e. The number of rotatable bonds is 4. The van der Waals surface area contributed by atoms with Crippen LogP contribution < -0.4 is 0 Å².